The predicted octanol–water partition coefficient (Wildman–Crippen LogP) is -2.64. The Bertz CT molecular complexity index is 613. The number of aliphatic carboxylic acids is 3. The van der Waals surface area contributed by atoms with Crippen LogP contribution in [0.1, 0.15) is 18.5 Å². The second kappa shape index (κ2) is 15.4. The first-order valence-corrected chi connectivity index (χ1v) is 8.37. The average Bonchev–Trinajstić information content (AvgIpc) is 3.08. The van der Waals surface area contributed by atoms with E-state index in [2.05, 4.69) is 28.3 Å². The number of carbonyl (C=O) groups excluding carboxylic acids is 1. The van der Waals surface area contributed by atoms with E-state index in [1.807, 2.05) is 0 Å². The molecule has 0 saturated carbocycles. The lowest BCUT2D eigenvalue weighted by atomic mass is 10.2. The van der Waals surface area contributed by atoms with E-state index in [4.69, 9.17) is 32.5 Å². The molecule has 0 bridgehead atoms. The molecule has 12 N–H and O–H groups in total. The number of amides is 1. The first-order chi connectivity index (χ1) is 12.9. The largest absolute Gasteiger partial charge is 0.480 e. The number of hydrogen-bond donors (Lipinski definition) is 9. The summed E-state index contributed by atoms with van der Waals surface area (Å²) in [5.74, 6) is -3.36. The average molecular weight is 422 g/mol. The highest BCUT2D eigenvalue weighted by atomic mass is 32.1. The van der Waals surface area contributed by atoms with Crippen molar-refractivity contribution in [1.29, 1.82) is 0 Å². The number of carbonyl (C=O) groups is 4. The summed E-state index contributed by atoms with van der Waals surface area (Å²) in [6.07, 6.45) is 3.45. The zero-order valence-corrected chi connectivity index (χ0v) is 15.8. The van der Waals surface area contributed by atoms with Gasteiger partial charge < -0.3 is 43.2 Å². The molecular weight excluding hydrogens is 396 g/mol. The first kappa shape index (κ1) is 27.5. The lowest BCUT2D eigenvalue weighted by Gasteiger charge is -2.02. The van der Waals surface area contributed by atoms with E-state index in [9.17, 15) is 19.2 Å². The number of aromatic amines is 1. The predicted molar refractivity (Wildman–Crippen MR) is 101 cm³/mol. The summed E-state index contributed by atoms with van der Waals surface area (Å²) in [4.78, 5) is 46.6. The maximum atomic E-state index is 10.3. The fourth-order valence-corrected chi connectivity index (χ4v) is 1.57. The molecule has 0 unspecified atom stereocenters. The quantitative estimate of drug-likeness (QED) is 0.185. The number of nitrogens with zero attached hydrogens (tertiary/aromatic N) is 1. The standard InChI is InChI=1S/C6H9N3O2.C4H8N2O3.C4H9NO2S/c7-5(6(10)11)1-4-2-8-3-9-4;5-2(4(8)9)1-3(6)7;5-3(1-2-8)4(6)7/h2-3,5H,1,7H2,(H,8,9)(H,10,11);2H,1,5H2,(H2,6,7)(H,8,9);3,8H,1-2,5H2,(H,6,7)/t5-;2-;3-/m000/s1. The SMILES string of the molecule is NC(=O)C[C@H](N)C(=O)O.N[C@@H](CCS)C(=O)O.N[C@@H](Cc1cnc[nH]1)C(=O)O. The van der Waals surface area contributed by atoms with Crippen LogP contribution in [0, 0.1) is 0 Å². The second-order valence-corrected chi connectivity index (χ2v) is 5.75. The zero-order valence-electron chi connectivity index (χ0n) is 14.9. The van der Waals surface area contributed by atoms with Crippen molar-refractivity contribution in [3.63, 3.8) is 0 Å². The van der Waals surface area contributed by atoms with E-state index < -0.39 is 41.9 Å². The molecule has 0 aliphatic carbocycles. The summed E-state index contributed by atoms with van der Waals surface area (Å²) in [7, 11) is 0. The van der Waals surface area contributed by atoms with Gasteiger partial charge in [-0.2, -0.15) is 12.6 Å². The molecule has 0 radical (unpaired) electrons. The zero-order chi connectivity index (χ0) is 22.3. The van der Waals surface area contributed by atoms with Gasteiger partial charge in [-0.05, 0) is 12.2 Å². The van der Waals surface area contributed by atoms with Crippen LogP contribution in [0.4, 0.5) is 0 Å². The maximum absolute atomic E-state index is 10.3. The molecular formula is C14H26N6O7S. The Kier molecular flexibility index (Phi) is 15.1. The molecule has 0 aliphatic heterocycles. The minimum Gasteiger partial charge on any atom is -0.480 e. The van der Waals surface area contributed by atoms with Crippen molar-refractivity contribution in [2.45, 2.75) is 37.4 Å². The Balaban J connectivity index is 0. The third kappa shape index (κ3) is 15.6. The van der Waals surface area contributed by atoms with Gasteiger partial charge >= 0.3 is 17.9 Å². The molecule has 1 aromatic heterocycles. The smallest absolute Gasteiger partial charge is 0.321 e. The minimum absolute atomic E-state index is 0.287. The van der Waals surface area contributed by atoms with Crippen LogP contribution in [0.2, 0.25) is 0 Å². The number of rotatable bonds is 9. The highest BCUT2D eigenvalue weighted by molar-refractivity contribution is 7.80. The topological polar surface area (TPSA) is 262 Å². The van der Waals surface area contributed by atoms with Gasteiger partial charge in [0.05, 0.1) is 12.7 Å². The van der Waals surface area contributed by atoms with Gasteiger partial charge in [0.15, 0.2) is 0 Å². The van der Waals surface area contributed by atoms with E-state index in [1.165, 1.54) is 6.33 Å². The third-order valence-electron chi connectivity index (χ3n) is 2.81. The molecule has 3 atom stereocenters. The number of imidazole rings is 1. The summed E-state index contributed by atoms with van der Waals surface area (Å²) in [6, 6.07) is -2.76. The van der Waals surface area contributed by atoms with E-state index >= 15 is 0 Å². The van der Waals surface area contributed by atoms with Crippen LogP contribution in [0.5, 0.6) is 0 Å². The van der Waals surface area contributed by atoms with Crippen molar-refractivity contribution in [2.24, 2.45) is 22.9 Å². The Labute approximate surface area is 165 Å². The van der Waals surface area contributed by atoms with Gasteiger partial charge in [-0.3, -0.25) is 19.2 Å². The number of H-pyrrole nitrogens is 1. The minimum atomic E-state index is -1.21. The number of primary amides is 1. The molecule has 0 spiro atoms. The molecule has 0 saturated heterocycles. The van der Waals surface area contributed by atoms with Crippen LogP contribution in [-0.4, -0.2) is 73.0 Å². The normalized spacial score (nSPS) is 12.9. The van der Waals surface area contributed by atoms with Gasteiger partial charge in [-0.15, -0.1) is 0 Å². The van der Waals surface area contributed by atoms with Crippen LogP contribution < -0.4 is 22.9 Å². The number of nitrogens with one attached hydrogen (secondary N) is 1. The molecule has 0 aromatic carbocycles. The molecule has 0 aliphatic rings. The molecule has 13 nitrogen and oxygen atoms in total. The lowest BCUT2D eigenvalue weighted by Crippen LogP contribution is -2.34. The maximum Gasteiger partial charge on any atom is 0.321 e. The molecule has 1 heterocycles. The Hall–Kier alpha value is -2.68. The second-order valence-electron chi connectivity index (χ2n) is 5.30. The van der Waals surface area contributed by atoms with Crippen LogP contribution in [-0.2, 0) is 25.6 Å². The number of carboxylic acid groups (broad SMARTS) is 3. The molecule has 1 aromatic rings. The van der Waals surface area contributed by atoms with Crippen LogP contribution >= 0.6 is 12.6 Å². The lowest BCUT2D eigenvalue weighted by molar-refractivity contribution is -0.140. The summed E-state index contributed by atoms with van der Waals surface area (Å²) in [5.41, 5.74) is 20.6. The number of aromatic nitrogens is 2. The van der Waals surface area contributed by atoms with Crippen molar-refractivity contribution in [1.82, 2.24) is 9.97 Å². The summed E-state index contributed by atoms with van der Waals surface area (Å²) >= 11 is 3.81. The molecule has 0 fully saturated rings. The van der Waals surface area contributed by atoms with E-state index in [0.29, 0.717) is 12.2 Å². The fourth-order valence-electron chi connectivity index (χ4n) is 1.29. The number of carboxylic acids is 3. The van der Waals surface area contributed by atoms with Crippen LogP contribution in [0.25, 0.3) is 0 Å². The van der Waals surface area contributed by atoms with Crippen molar-refractivity contribution in [2.75, 3.05) is 5.75 Å². The summed E-state index contributed by atoms with van der Waals surface area (Å²) in [5, 5.41) is 24.7. The highest BCUT2D eigenvalue weighted by Gasteiger charge is 2.13. The number of thiol groups is 1. The van der Waals surface area contributed by atoms with Gasteiger partial charge in [-0.1, -0.05) is 0 Å². The van der Waals surface area contributed by atoms with Crippen molar-refractivity contribution in [3.8, 4) is 0 Å². The van der Waals surface area contributed by atoms with Gasteiger partial charge in [0.25, 0.3) is 0 Å². The van der Waals surface area contributed by atoms with Crippen molar-refractivity contribution in [3.05, 3.63) is 18.2 Å². The van der Waals surface area contributed by atoms with E-state index in [-0.39, 0.29) is 12.8 Å². The van der Waals surface area contributed by atoms with Crippen molar-refractivity contribution < 1.29 is 34.5 Å². The van der Waals surface area contributed by atoms with Crippen LogP contribution in [0.3, 0.4) is 0 Å². The fraction of sp³-hybridized carbons (Fsp3) is 0.500. The Morgan fingerprint density at radius 3 is 1.75 bits per heavy atom. The van der Waals surface area contributed by atoms with Gasteiger partial charge in [0, 0.05) is 18.3 Å². The highest BCUT2D eigenvalue weighted by Crippen LogP contribution is 1.95. The number of nitrogens with two attached hydrogens (primary N) is 4. The molecule has 28 heavy (non-hydrogen) atoms. The number of hydrogen-bond acceptors (Lipinski definition) is 9. The molecule has 160 valence electrons. The Morgan fingerprint density at radius 2 is 1.50 bits per heavy atom. The molecule has 1 amide bonds. The van der Waals surface area contributed by atoms with Crippen molar-refractivity contribution >= 4 is 36.4 Å². The Morgan fingerprint density at radius 1 is 1.00 bits per heavy atom. The first-order valence-electron chi connectivity index (χ1n) is 7.73. The summed E-state index contributed by atoms with van der Waals surface area (Å²) in [6.45, 7) is 0. The monoisotopic (exact) mass is 422 g/mol. The molecule has 14 heteroatoms. The molecule has 1 rings (SSSR count). The van der Waals surface area contributed by atoms with E-state index in [1.54, 1.807) is 6.20 Å². The van der Waals surface area contributed by atoms with Gasteiger partial charge in [0.1, 0.15) is 18.1 Å². The van der Waals surface area contributed by atoms with Gasteiger partial charge in [0.2, 0.25) is 5.91 Å². The van der Waals surface area contributed by atoms with Gasteiger partial charge in [-0.25, -0.2) is 4.98 Å². The van der Waals surface area contributed by atoms with Crippen LogP contribution in [0.15, 0.2) is 12.5 Å². The van der Waals surface area contributed by atoms with E-state index in [0.717, 1.165) is 5.69 Å². The summed E-state index contributed by atoms with van der Waals surface area (Å²) < 4.78 is 0. The third-order valence-corrected chi connectivity index (χ3v) is 3.07.